The molecule has 1 heterocycles. The number of furan rings is 1. The van der Waals surface area contributed by atoms with Crippen molar-refractivity contribution in [2.24, 2.45) is 0 Å². The molecular weight excluding hydrogens is 270 g/mol. The van der Waals surface area contributed by atoms with Gasteiger partial charge in [-0.1, -0.05) is 23.7 Å². The van der Waals surface area contributed by atoms with Crippen molar-refractivity contribution in [3.8, 4) is 11.3 Å². The number of hydrogen-bond donors (Lipinski definition) is 1. The lowest BCUT2D eigenvalue weighted by Crippen LogP contribution is -2.87. The van der Waals surface area contributed by atoms with Crippen molar-refractivity contribution in [3.63, 3.8) is 0 Å². The van der Waals surface area contributed by atoms with Gasteiger partial charge < -0.3 is 9.73 Å². The zero-order valence-electron chi connectivity index (χ0n) is 11.9. The van der Waals surface area contributed by atoms with Crippen molar-refractivity contribution in [1.29, 1.82) is 0 Å². The highest BCUT2D eigenvalue weighted by Gasteiger charge is 2.18. The highest BCUT2D eigenvalue weighted by Crippen LogP contribution is 2.29. The number of rotatable bonds is 4. The molecular formula is C17H21ClNO+. The van der Waals surface area contributed by atoms with Crippen LogP contribution >= 0.6 is 11.6 Å². The fraction of sp³-hybridized carbons (Fsp3) is 0.412. The molecule has 0 spiro atoms. The Kier molecular flexibility index (Phi) is 4.13. The lowest BCUT2D eigenvalue weighted by atomic mass is 10.1. The SMILES string of the molecule is Cc1c(Cl)cccc1-c1ccc(C[NH2+]C2CCCC2)o1. The zero-order chi connectivity index (χ0) is 13.9. The molecule has 0 unspecified atom stereocenters. The monoisotopic (exact) mass is 290 g/mol. The summed E-state index contributed by atoms with van der Waals surface area (Å²) in [5.41, 5.74) is 2.17. The molecule has 0 bridgehead atoms. The van der Waals surface area contributed by atoms with Crippen LogP contribution in [0.3, 0.4) is 0 Å². The molecule has 0 radical (unpaired) electrons. The quantitative estimate of drug-likeness (QED) is 0.909. The van der Waals surface area contributed by atoms with E-state index in [1.807, 2.05) is 19.1 Å². The minimum atomic E-state index is 0.788. The number of benzene rings is 1. The molecule has 3 rings (SSSR count). The van der Waals surface area contributed by atoms with Crippen molar-refractivity contribution in [3.05, 3.63) is 46.7 Å². The predicted molar refractivity (Wildman–Crippen MR) is 81.8 cm³/mol. The maximum atomic E-state index is 6.17. The van der Waals surface area contributed by atoms with Crippen molar-refractivity contribution >= 4 is 11.6 Å². The molecule has 0 atom stereocenters. The van der Waals surface area contributed by atoms with Crippen molar-refractivity contribution < 1.29 is 9.73 Å². The second-order valence-corrected chi connectivity index (χ2v) is 6.07. The van der Waals surface area contributed by atoms with E-state index in [4.69, 9.17) is 16.0 Å². The summed E-state index contributed by atoms with van der Waals surface area (Å²) in [5.74, 6) is 1.96. The minimum Gasteiger partial charge on any atom is -0.455 e. The molecule has 1 aromatic heterocycles. The molecule has 0 aliphatic heterocycles. The summed E-state index contributed by atoms with van der Waals surface area (Å²) in [4.78, 5) is 0. The molecule has 1 aliphatic rings. The molecule has 1 aliphatic carbocycles. The topological polar surface area (TPSA) is 29.8 Å². The van der Waals surface area contributed by atoms with Crippen molar-refractivity contribution in [2.75, 3.05) is 0 Å². The Balaban J connectivity index is 1.71. The Bertz CT molecular complexity index is 584. The molecule has 0 saturated heterocycles. The first kappa shape index (κ1) is 13.7. The fourth-order valence-electron chi connectivity index (χ4n) is 2.98. The Hall–Kier alpha value is -1.25. The van der Waals surface area contributed by atoms with Gasteiger partial charge in [0.25, 0.3) is 0 Å². The van der Waals surface area contributed by atoms with Gasteiger partial charge in [0.15, 0.2) is 5.76 Å². The second-order valence-electron chi connectivity index (χ2n) is 5.66. The Morgan fingerprint density at radius 2 is 2.00 bits per heavy atom. The lowest BCUT2D eigenvalue weighted by molar-refractivity contribution is -0.704. The fourth-order valence-corrected chi connectivity index (χ4v) is 3.16. The third-order valence-electron chi connectivity index (χ3n) is 4.25. The molecule has 2 N–H and O–H groups in total. The van der Waals surface area contributed by atoms with Crippen LogP contribution in [-0.4, -0.2) is 6.04 Å². The molecule has 1 saturated carbocycles. The molecule has 2 nitrogen and oxygen atoms in total. The highest BCUT2D eigenvalue weighted by atomic mass is 35.5. The van der Waals surface area contributed by atoms with E-state index in [2.05, 4.69) is 23.5 Å². The van der Waals surface area contributed by atoms with Crippen LogP contribution in [0.5, 0.6) is 0 Å². The normalized spacial score (nSPS) is 15.9. The maximum absolute atomic E-state index is 6.17. The van der Waals surface area contributed by atoms with Crippen LogP contribution in [0.15, 0.2) is 34.7 Å². The highest BCUT2D eigenvalue weighted by molar-refractivity contribution is 6.31. The largest absolute Gasteiger partial charge is 0.455 e. The average molecular weight is 291 g/mol. The van der Waals surface area contributed by atoms with Gasteiger partial charge in [-0.15, -0.1) is 0 Å². The third-order valence-corrected chi connectivity index (χ3v) is 4.66. The standard InChI is InChI=1S/C17H20ClNO/c1-12-15(7-4-8-16(12)18)17-10-9-14(20-17)11-19-13-5-2-3-6-13/h4,7-10,13,19H,2-3,5-6,11H2,1H3/p+1. The summed E-state index contributed by atoms with van der Waals surface area (Å²) >= 11 is 6.17. The van der Waals surface area contributed by atoms with Crippen LogP contribution in [-0.2, 0) is 6.54 Å². The van der Waals surface area contributed by atoms with E-state index in [0.717, 1.165) is 40.3 Å². The second kappa shape index (κ2) is 6.02. The first-order valence-electron chi connectivity index (χ1n) is 7.41. The summed E-state index contributed by atoms with van der Waals surface area (Å²) in [6.45, 7) is 2.97. The summed E-state index contributed by atoms with van der Waals surface area (Å²) in [6, 6.07) is 10.9. The van der Waals surface area contributed by atoms with Gasteiger partial charge in [0.2, 0.25) is 0 Å². The first-order valence-corrected chi connectivity index (χ1v) is 7.79. The maximum Gasteiger partial charge on any atom is 0.158 e. The molecule has 1 fully saturated rings. The molecule has 0 amide bonds. The number of quaternary nitrogens is 1. The summed E-state index contributed by atoms with van der Waals surface area (Å²) in [6.07, 6.45) is 5.46. The predicted octanol–water partition coefficient (Wildman–Crippen LogP) is 3.91. The van der Waals surface area contributed by atoms with Crippen molar-refractivity contribution in [2.45, 2.75) is 45.2 Å². The van der Waals surface area contributed by atoms with E-state index in [1.165, 1.54) is 25.7 Å². The van der Waals surface area contributed by atoms with Crippen molar-refractivity contribution in [1.82, 2.24) is 0 Å². The van der Waals surface area contributed by atoms with Crippen LogP contribution in [0.25, 0.3) is 11.3 Å². The zero-order valence-corrected chi connectivity index (χ0v) is 12.6. The van der Waals surface area contributed by atoms with E-state index in [-0.39, 0.29) is 0 Å². The van der Waals surface area contributed by atoms with Gasteiger partial charge in [0, 0.05) is 10.6 Å². The van der Waals surface area contributed by atoms with Crippen LogP contribution < -0.4 is 5.32 Å². The van der Waals surface area contributed by atoms with Gasteiger partial charge in [0.05, 0.1) is 6.04 Å². The summed E-state index contributed by atoms with van der Waals surface area (Å²) < 4.78 is 5.98. The van der Waals surface area contributed by atoms with Gasteiger partial charge in [-0.05, 0) is 56.4 Å². The van der Waals surface area contributed by atoms with Crippen LogP contribution in [0.2, 0.25) is 5.02 Å². The molecule has 106 valence electrons. The number of nitrogens with two attached hydrogens (primary N) is 1. The van der Waals surface area contributed by atoms with Gasteiger partial charge in [-0.2, -0.15) is 0 Å². The Morgan fingerprint density at radius 1 is 1.20 bits per heavy atom. The third kappa shape index (κ3) is 2.92. The van der Waals surface area contributed by atoms with Gasteiger partial charge in [0.1, 0.15) is 12.3 Å². The summed E-state index contributed by atoms with van der Waals surface area (Å²) in [5, 5.41) is 3.21. The van der Waals surface area contributed by atoms with Gasteiger partial charge in [-0.3, -0.25) is 0 Å². The van der Waals surface area contributed by atoms with Gasteiger partial charge >= 0.3 is 0 Å². The van der Waals surface area contributed by atoms with Crippen LogP contribution in [0, 0.1) is 6.92 Å². The Labute approximate surface area is 125 Å². The van der Waals surface area contributed by atoms with E-state index >= 15 is 0 Å². The number of hydrogen-bond acceptors (Lipinski definition) is 1. The minimum absolute atomic E-state index is 0.788. The average Bonchev–Trinajstić information content (AvgIpc) is 3.10. The lowest BCUT2D eigenvalue weighted by Gasteiger charge is -2.07. The van der Waals surface area contributed by atoms with E-state index in [9.17, 15) is 0 Å². The smallest absolute Gasteiger partial charge is 0.158 e. The van der Waals surface area contributed by atoms with E-state index in [1.54, 1.807) is 0 Å². The van der Waals surface area contributed by atoms with E-state index < -0.39 is 0 Å². The van der Waals surface area contributed by atoms with E-state index in [0.29, 0.717) is 0 Å². The molecule has 3 heteroatoms. The molecule has 20 heavy (non-hydrogen) atoms. The molecule has 1 aromatic carbocycles. The first-order chi connectivity index (χ1) is 9.74. The van der Waals surface area contributed by atoms with Crippen LogP contribution in [0.4, 0.5) is 0 Å². The summed E-state index contributed by atoms with van der Waals surface area (Å²) in [7, 11) is 0. The Morgan fingerprint density at radius 3 is 2.80 bits per heavy atom. The van der Waals surface area contributed by atoms with Gasteiger partial charge in [-0.25, -0.2) is 0 Å². The molecule has 2 aromatic rings. The van der Waals surface area contributed by atoms with Crippen LogP contribution in [0.1, 0.15) is 37.0 Å². The number of halogens is 1.